The van der Waals surface area contributed by atoms with Crippen molar-refractivity contribution in [2.75, 3.05) is 6.61 Å². The number of ether oxygens (including phenoxy) is 1. The Bertz CT molecular complexity index is 1030. The molecule has 0 atom stereocenters. The molecule has 0 fully saturated rings. The molecule has 136 valence electrons. The van der Waals surface area contributed by atoms with Gasteiger partial charge in [-0.15, -0.1) is 0 Å². The number of halogens is 3. The Balaban J connectivity index is 2.13. The van der Waals surface area contributed by atoms with Crippen molar-refractivity contribution >= 4 is 17.6 Å². The number of imidazole rings is 1. The fourth-order valence-electron chi connectivity index (χ4n) is 2.38. The smallest absolute Gasteiger partial charge is 0.357 e. The topological polar surface area (TPSA) is 44.1 Å². The van der Waals surface area contributed by atoms with Crippen LogP contribution in [0, 0.1) is 23.5 Å². The molecule has 0 radical (unpaired) electrons. The van der Waals surface area contributed by atoms with E-state index >= 15 is 0 Å². The largest absolute Gasteiger partial charge is 0.461 e. The maximum absolute atomic E-state index is 13.9. The molecule has 0 aliphatic rings. The van der Waals surface area contributed by atoms with Crippen molar-refractivity contribution in [2.24, 2.45) is 0 Å². The van der Waals surface area contributed by atoms with Gasteiger partial charge in [0, 0.05) is 5.69 Å². The molecule has 0 aliphatic heterocycles. The van der Waals surface area contributed by atoms with E-state index in [-0.39, 0.29) is 28.7 Å². The molecule has 0 amide bonds. The summed E-state index contributed by atoms with van der Waals surface area (Å²) in [6.45, 7) is 1.86. The molecule has 3 rings (SSSR count). The van der Waals surface area contributed by atoms with Crippen LogP contribution >= 0.6 is 11.6 Å². The first-order chi connectivity index (χ1) is 13.0. The first-order valence-corrected chi connectivity index (χ1v) is 8.36. The summed E-state index contributed by atoms with van der Waals surface area (Å²) in [5, 5.41) is 0.160. The van der Waals surface area contributed by atoms with Gasteiger partial charge in [-0.05, 0) is 49.2 Å². The molecule has 1 heterocycles. The van der Waals surface area contributed by atoms with Crippen LogP contribution in [0.4, 0.5) is 8.78 Å². The number of carbonyl (C=O) groups is 1. The molecule has 0 bridgehead atoms. The number of hydrogen-bond donors (Lipinski definition) is 0. The Morgan fingerprint density at radius 1 is 1.19 bits per heavy atom. The van der Waals surface area contributed by atoms with Crippen LogP contribution in [0.3, 0.4) is 0 Å². The maximum Gasteiger partial charge on any atom is 0.357 e. The van der Waals surface area contributed by atoms with Crippen LogP contribution in [0.2, 0.25) is 5.02 Å². The maximum atomic E-state index is 13.9. The van der Waals surface area contributed by atoms with E-state index in [4.69, 9.17) is 16.3 Å². The van der Waals surface area contributed by atoms with Gasteiger partial charge in [-0.3, -0.25) is 4.57 Å². The molecule has 27 heavy (non-hydrogen) atoms. The van der Waals surface area contributed by atoms with E-state index in [1.54, 1.807) is 6.92 Å². The van der Waals surface area contributed by atoms with E-state index in [0.29, 0.717) is 5.69 Å². The van der Waals surface area contributed by atoms with Gasteiger partial charge in [-0.2, -0.15) is 0 Å². The number of carbonyl (C=O) groups excluding carboxylic acids is 1. The van der Waals surface area contributed by atoms with E-state index in [1.165, 1.54) is 53.2 Å². The van der Waals surface area contributed by atoms with Gasteiger partial charge in [0.2, 0.25) is 0 Å². The number of nitrogens with zero attached hydrogens (tertiary/aromatic N) is 2. The highest BCUT2D eigenvalue weighted by Gasteiger charge is 2.18. The quantitative estimate of drug-likeness (QED) is 0.495. The fourth-order valence-corrected chi connectivity index (χ4v) is 2.59. The minimum absolute atomic E-state index is 0.0190. The third-order valence-corrected chi connectivity index (χ3v) is 3.91. The summed E-state index contributed by atoms with van der Waals surface area (Å²) in [7, 11) is 0. The van der Waals surface area contributed by atoms with Gasteiger partial charge >= 0.3 is 5.97 Å². The van der Waals surface area contributed by atoms with E-state index in [1.807, 2.05) is 0 Å². The molecule has 2 aromatic carbocycles. The van der Waals surface area contributed by atoms with Crippen molar-refractivity contribution in [3.8, 4) is 17.5 Å². The summed E-state index contributed by atoms with van der Waals surface area (Å²) in [6.07, 6.45) is 1.30. The van der Waals surface area contributed by atoms with Crippen LogP contribution in [0.25, 0.3) is 5.69 Å². The molecule has 3 aromatic rings. The first-order valence-electron chi connectivity index (χ1n) is 7.98. The molecular formula is C20H13ClF2N2O2. The Morgan fingerprint density at radius 2 is 1.93 bits per heavy atom. The number of esters is 1. The molecule has 0 aliphatic carbocycles. The predicted molar refractivity (Wildman–Crippen MR) is 96.9 cm³/mol. The van der Waals surface area contributed by atoms with E-state index in [0.717, 1.165) is 0 Å². The Kier molecular flexibility index (Phi) is 5.53. The van der Waals surface area contributed by atoms with Crippen LogP contribution in [0.1, 0.15) is 28.8 Å². The highest BCUT2D eigenvalue weighted by molar-refractivity contribution is 6.31. The molecule has 0 saturated carbocycles. The van der Waals surface area contributed by atoms with Gasteiger partial charge in [0.1, 0.15) is 11.6 Å². The highest BCUT2D eigenvalue weighted by Crippen LogP contribution is 2.19. The van der Waals surface area contributed by atoms with Crippen LogP contribution in [-0.4, -0.2) is 22.1 Å². The summed E-state index contributed by atoms with van der Waals surface area (Å²) in [5.74, 6) is 3.91. The molecule has 4 nitrogen and oxygen atoms in total. The zero-order chi connectivity index (χ0) is 19.4. The number of aromatic nitrogens is 2. The predicted octanol–water partition coefficient (Wildman–Crippen LogP) is 4.38. The summed E-state index contributed by atoms with van der Waals surface area (Å²) in [6, 6.07) is 9.67. The normalized spacial score (nSPS) is 10.2. The van der Waals surface area contributed by atoms with Gasteiger partial charge in [0.15, 0.2) is 11.5 Å². The molecule has 0 unspecified atom stereocenters. The first kappa shape index (κ1) is 18.6. The third kappa shape index (κ3) is 3.99. The van der Waals surface area contributed by atoms with E-state index in [9.17, 15) is 13.6 Å². The number of benzene rings is 2. The minimum Gasteiger partial charge on any atom is -0.461 e. The second-order valence-corrected chi connectivity index (χ2v) is 5.75. The zero-order valence-electron chi connectivity index (χ0n) is 14.2. The summed E-state index contributed by atoms with van der Waals surface area (Å²) in [4.78, 5) is 16.3. The lowest BCUT2D eigenvalue weighted by Crippen LogP contribution is -2.12. The minimum atomic E-state index is -0.605. The van der Waals surface area contributed by atoms with Crippen LogP contribution in [0.5, 0.6) is 0 Å². The van der Waals surface area contributed by atoms with Crippen LogP contribution in [-0.2, 0) is 4.74 Å². The summed E-state index contributed by atoms with van der Waals surface area (Å²) >= 11 is 5.98. The van der Waals surface area contributed by atoms with Gasteiger partial charge in [-0.1, -0.05) is 23.6 Å². The fraction of sp³-hybridized carbons (Fsp3) is 0.100. The average molecular weight is 387 g/mol. The highest BCUT2D eigenvalue weighted by atomic mass is 35.5. The van der Waals surface area contributed by atoms with Crippen LogP contribution in [0.15, 0.2) is 48.7 Å². The lowest BCUT2D eigenvalue weighted by Gasteiger charge is -2.09. The summed E-state index contributed by atoms with van der Waals surface area (Å²) < 4.78 is 33.6. The third-order valence-electron chi connectivity index (χ3n) is 3.59. The van der Waals surface area contributed by atoms with Crippen molar-refractivity contribution in [3.63, 3.8) is 0 Å². The summed E-state index contributed by atoms with van der Waals surface area (Å²) in [5.41, 5.74) is 0.596. The Labute approximate surface area is 159 Å². The number of hydrogen-bond acceptors (Lipinski definition) is 3. The van der Waals surface area contributed by atoms with Gasteiger partial charge in [0.05, 0.1) is 23.4 Å². The lowest BCUT2D eigenvalue weighted by atomic mass is 10.2. The molecule has 1 aromatic heterocycles. The molecule has 0 spiro atoms. The van der Waals surface area contributed by atoms with Crippen molar-refractivity contribution in [1.29, 1.82) is 0 Å². The molecule has 0 saturated heterocycles. The van der Waals surface area contributed by atoms with E-state index in [2.05, 4.69) is 16.8 Å². The van der Waals surface area contributed by atoms with Crippen molar-refractivity contribution in [1.82, 2.24) is 9.55 Å². The second-order valence-electron chi connectivity index (χ2n) is 5.35. The molecular weight excluding hydrogens is 374 g/mol. The van der Waals surface area contributed by atoms with Gasteiger partial charge in [0.25, 0.3) is 0 Å². The average Bonchev–Trinajstić information content (AvgIpc) is 3.06. The lowest BCUT2D eigenvalue weighted by molar-refractivity contribution is 0.0517. The zero-order valence-corrected chi connectivity index (χ0v) is 14.9. The Morgan fingerprint density at radius 3 is 2.59 bits per heavy atom. The van der Waals surface area contributed by atoms with E-state index < -0.39 is 17.6 Å². The second kappa shape index (κ2) is 8.02. The van der Waals surface area contributed by atoms with Crippen molar-refractivity contribution < 1.29 is 18.3 Å². The van der Waals surface area contributed by atoms with Gasteiger partial charge in [-0.25, -0.2) is 18.6 Å². The Hall–Kier alpha value is -3.17. The van der Waals surface area contributed by atoms with Crippen LogP contribution < -0.4 is 0 Å². The molecule has 0 N–H and O–H groups in total. The van der Waals surface area contributed by atoms with Gasteiger partial charge < -0.3 is 4.74 Å². The number of rotatable bonds is 3. The van der Waals surface area contributed by atoms with Crippen molar-refractivity contribution in [3.05, 3.63) is 82.4 Å². The standard InChI is InChI=1S/C20H13ClF2N2O2/c1-2-27-20(26)18-12-24-19(25(18)14-8-6-13(22)7-9-14)11-10-15-16(21)4-3-5-17(15)23/h3-9,12H,2H2,1H3. The van der Waals surface area contributed by atoms with Crippen molar-refractivity contribution in [2.45, 2.75) is 6.92 Å². The SMILES string of the molecule is CCOC(=O)c1cnc(C#Cc2c(F)cccc2Cl)n1-c1ccc(F)cc1. The monoisotopic (exact) mass is 386 g/mol. The molecule has 7 heteroatoms.